The van der Waals surface area contributed by atoms with Gasteiger partial charge in [-0.1, -0.05) is 30.3 Å². The Bertz CT molecular complexity index is 450. The lowest BCUT2D eigenvalue weighted by atomic mass is 10.1. The smallest absolute Gasteiger partial charge is 0.211 e. The number of nitrogens with one attached hydrogen (secondary N) is 1. The fourth-order valence-corrected chi connectivity index (χ4v) is 1.74. The van der Waals surface area contributed by atoms with Crippen molar-refractivity contribution in [3.05, 3.63) is 53.7 Å². The maximum Gasteiger partial charge on any atom is 0.211 e. The normalized spacial score (nSPS) is 12.6. The molecule has 0 saturated carbocycles. The fraction of sp³-hybridized carbons (Fsp3) is 0.357. The molecule has 17 heavy (non-hydrogen) atoms. The summed E-state index contributed by atoms with van der Waals surface area (Å²) in [5.41, 5.74) is 1.34. The van der Waals surface area contributed by atoms with Gasteiger partial charge in [0.2, 0.25) is 5.89 Å². The van der Waals surface area contributed by atoms with E-state index in [1.54, 1.807) is 6.20 Å². The number of aryl methyl sites for hydroxylation is 1. The van der Waals surface area contributed by atoms with E-state index < -0.39 is 0 Å². The third-order valence-electron chi connectivity index (χ3n) is 2.72. The minimum absolute atomic E-state index is 0.160. The van der Waals surface area contributed by atoms with Crippen LogP contribution in [-0.4, -0.2) is 11.5 Å². The Morgan fingerprint density at radius 2 is 2.06 bits per heavy atom. The highest BCUT2D eigenvalue weighted by molar-refractivity contribution is 5.14. The third-order valence-corrected chi connectivity index (χ3v) is 2.72. The lowest BCUT2D eigenvalue weighted by Crippen LogP contribution is -2.21. The number of hydrogen-bond acceptors (Lipinski definition) is 3. The maximum atomic E-state index is 5.47. The molecule has 1 heterocycles. The van der Waals surface area contributed by atoms with Crippen molar-refractivity contribution in [3.8, 4) is 0 Å². The molecular formula is C14H18N2O. The van der Waals surface area contributed by atoms with Gasteiger partial charge < -0.3 is 9.73 Å². The summed E-state index contributed by atoms with van der Waals surface area (Å²) in [4.78, 5) is 4.21. The van der Waals surface area contributed by atoms with Gasteiger partial charge in [-0.2, -0.15) is 0 Å². The first-order valence-electron chi connectivity index (χ1n) is 5.95. The van der Waals surface area contributed by atoms with E-state index in [-0.39, 0.29) is 6.04 Å². The van der Waals surface area contributed by atoms with Gasteiger partial charge in [-0.3, -0.25) is 0 Å². The average Bonchev–Trinajstić information content (AvgIpc) is 2.77. The van der Waals surface area contributed by atoms with Gasteiger partial charge in [0.15, 0.2) is 0 Å². The molecule has 0 saturated heterocycles. The predicted molar refractivity (Wildman–Crippen MR) is 67.8 cm³/mol. The Labute approximate surface area is 102 Å². The summed E-state index contributed by atoms with van der Waals surface area (Å²) >= 11 is 0. The summed E-state index contributed by atoms with van der Waals surface area (Å²) in [6, 6.07) is 10.6. The molecule has 0 radical (unpaired) electrons. The highest BCUT2D eigenvalue weighted by Crippen LogP contribution is 2.11. The van der Waals surface area contributed by atoms with Crippen LogP contribution in [0, 0.1) is 6.92 Å². The van der Waals surface area contributed by atoms with Gasteiger partial charge in [-0.15, -0.1) is 0 Å². The molecule has 1 atom stereocenters. The first kappa shape index (κ1) is 11.9. The van der Waals surface area contributed by atoms with E-state index in [9.17, 15) is 0 Å². The van der Waals surface area contributed by atoms with Gasteiger partial charge in [-0.05, 0) is 32.4 Å². The summed E-state index contributed by atoms with van der Waals surface area (Å²) in [5.74, 6) is 1.62. The van der Waals surface area contributed by atoms with E-state index in [1.807, 2.05) is 13.0 Å². The first-order chi connectivity index (χ1) is 8.25. The van der Waals surface area contributed by atoms with Gasteiger partial charge >= 0.3 is 0 Å². The zero-order valence-electron chi connectivity index (χ0n) is 10.3. The van der Waals surface area contributed by atoms with Gasteiger partial charge in [0.25, 0.3) is 0 Å². The van der Waals surface area contributed by atoms with E-state index in [0.717, 1.165) is 24.6 Å². The Kier molecular flexibility index (Phi) is 3.94. The molecular weight excluding hydrogens is 212 g/mol. The second-order valence-electron chi connectivity index (χ2n) is 4.22. The number of aromatic nitrogens is 1. The SMILES string of the molecule is Cc1cnc(C(C)NCCc2ccccc2)o1. The maximum absolute atomic E-state index is 5.47. The zero-order chi connectivity index (χ0) is 12.1. The van der Waals surface area contributed by atoms with E-state index in [0.29, 0.717) is 0 Å². The molecule has 1 aromatic carbocycles. The first-order valence-corrected chi connectivity index (χ1v) is 5.95. The van der Waals surface area contributed by atoms with Gasteiger partial charge in [0, 0.05) is 0 Å². The third kappa shape index (κ3) is 3.43. The molecule has 2 rings (SSSR count). The Morgan fingerprint density at radius 1 is 1.29 bits per heavy atom. The van der Waals surface area contributed by atoms with Crippen molar-refractivity contribution in [2.24, 2.45) is 0 Å². The van der Waals surface area contributed by atoms with E-state index in [2.05, 4.69) is 41.5 Å². The van der Waals surface area contributed by atoms with Crippen molar-refractivity contribution in [3.63, 3.8) is 0 Å². The largest absolute Gasteiger partial charge is 0.444 e. The minimum Gasteiger partial charge on any atom is -0.444 e. The van der Waals surface area contributed by atoms with Crippen molar-refractivity contribution in [1.82, 2.24) is 10.3 Å². The van der Waals surface area contributed by atoms with Crippen LogP contribution in [-0.2, 0) is 6.42 Å². The summed E-state index contributed by atoms with van der Waals surface area (Å²) in [5, 5.41) is 3.40. The van der Waals surface area contributed by atoms with Gasteiger partial charge in [0.05, 0.1) is 12.2 Å². The van der Waals surface area contributed by atoms with E-state index in [4.69, 9.17) is 4.42 Å². The van der Waals surface area contributed by atoms with Crippen molar-refractivity contribution in [2.75, 3.05) is 6.54 Å². The topological polar surface area (TPSA) is 38.1 Å². The second kappa shape index (κ2) is 5.64. The Balaban J connectivity index is 1.79. The van der Waals surface area contributed by atoms with Crippen LogP contribution in [0.25, 0.3) is 0 Å². The molecule has 3 nitrogen and oxygen atoms in total. The van der Waals surface area contributed by atoms with Crippen molar-refractivity contribution in [2.45, 2.75) is 26.3 Å². The number of oxazole rings is 1. The number of rotatable bonds is 5. The summed E-state index contributed by atoms with van der Waals surface area (Å²) < 4.78 is 5.47. The van der Waals surface area contributed by atoms with Gasteiger partial charge in [0.1, 0.15) is 5.76 Å². The fourth-order valence-electron chi connectivity index (χ4n) is 1.74. The lowest BCUT2D eigenvalue weighted by molar-refractivity contribution is 0.404. The van der Waals surface area contributed by atoms with Crippen LogP contribution in [0.4, 0.5) is 0 Å². The molecule has 1 unspecified atom stereocenters. The molecule has 3 heteroatoms. The van der Waals surface area contributed by atoms with Crippen LogP contribution in [0.3, 0.4) is 0 Å². The number of benzene rings is 1. The zero-order valence-corrected chi connectivity index (χ0v) is 10.3. The number of hydrogen-bond donors (Lipinski definition) is 1. The molecule has 0 spiro atoms. The molecule has 90 valence electrons. The van der Waals surface area contributed by atoms with Crippen LogP contribution >= 0.6 is 0 Å². The van der Waals surface area contributed by atoms with Crippen LogP contribution < -0.4 is 5.32 Å². The summed E-state index contributed by atoms with van der Waals surface area (Å²) in [6.07, 6.45) is 2.77. The van der Waals surface area contributed by atoms with Crippen LogP contribution in [0.15, 0.2) is 40.9 Å². The summed E-state index contributed by atoms with van der Waals surface area (Å²) in [6.45, 7) is 4.90. The highest BCUT2D eigenvalue weighted by atomic mass is 16.4. The van der Waals surface area contributed by atoms with Crippen LogP contribution in [0.1, 0.15) is 30.2 Å². The molecule has 0 fully saturated rings. The van der Waals surface area contributed by atoms with Crippen LogP contribution in [0.2, 0.25) is 0 Å². The van der Waals surface area contributed by atoms with Crippen molar-refractivity contribution < 1.29 is 4.42 Å². The molecule has 1 aromatic heterocycles. The highest BCUT2D eigenvalue weighted by Gasteiger charge is 2.09. The van der Waals surface area contributed by atoms with Crippen LogP contribution in [0.5, 0.6) is 0 Å². The molecule has 0 aliphatic rings. The second-order valence-corrected chi connectivity index (χ2v) is 4.22. The monoisotopic (exact) mass is 230 g/mol. The van der Waals surface area contributed by atoms with Crippen molar-refractivity contribution >= 4 is 0 Å². The minimum atomic E-state index is 0.160. The molecule has 1 N–H and O–H groups in total. The average molecular weight is 230 g/mol. The number of nitrogens with zero attached hydrogens (tertiary/aromatic N) is 1. The quantitative estimate of drug-likeness (QED) is 0.858. The molecule has 0 aliphatic carbocycles. The predicted octanol–water partition coefficient (Wildman–Crippen LogP) is 2.88. The van der Waals surface area contributed by atoms with E-state index >= 15 is 0 Å². The summed E-state index contributed by atoms with van der Waals surface area (Å²) in [7, 11) is 0. The molecule has 0 aliphatic heterocycles. The molecule has 0 amide bonds. The molecule has 2 aromatic rings. The van der Waals surface area contributed by atoms with E-state index in [1.165, 1.54) is 5.56 Å². The van der Waals surface area contributed by atoms with Crippen molar-refractivity contribution in [1.29, 1.82) is 0 Å². The standard InChI is InChI=1S/C14H18N2O/c1-11-10-16-14(17-11)12(2)15-9-8-13-6-4-3-5-7-13/h3-7,10,12,15H,8-9H2,1-2H3. The Hall–Kier alpha value is -1.61. The van der Waals surface area contributed by atoms with Gasteiger partial charge in [-0.25, -0.2) is 4.98 Å². The molecule has 0 bridgehead atoms. The Morgan fingerprint density at radius 3 is 2.71 bits per heavy atom. The lowest BCUT2D eigenvalue weighted by Gasteiger charge is -2.09.